The smallest absolute Gasteiger partial charge is 0.249 e. The zero-order valence-electron chi connectivity index (χ0n) is 14.0. The van der Waals surface area contributed by atoms with E-state index in [0.717, 1.165) is 0 Å². The van der Waals surface area contributed by atoms with E-state index in [-0.39, 0.29) is 22.8 Å². The number of fused-ring (bicyclic) bond motifs is 1. The second-order valence-corrected chi connectivity index (χ2v) is 8.58. The zero-order valence-corrected chi connectivity index (χ0v) is 14.8. The van der Waals surface area contributed by atoms with Crippen LogP contribution >= 0.6 is 11.8 Å². The number of amides is 2. The Morgan fingerprint density at radius 2 is 2.00 bits per heavy atom. The predicted octanol–water partition coefficient (Wildman–Crippen LogP) is 1.01. The molecule has 2 fully saturated rings. The Labute approximate surface area is 149 Å². The highest BCUT2D eigenvalue weighted by Gasteiger charge is 2.62. The third-order valence-electron chi connectivity index (χ3n) is 4.59. The van der Waals surface area contributed by atoms with Crippen LogP contribution in [0.5, 0.6) is 5.75 Å². The molecule has 2 amide bonds. The van der Waals surface area contributed by atoms with Crippen LogP contribution in [0.1, 0.15) is 25.5 Å². The minimum Gasteiger partial charge on any atom is -0.511 e. The lowest BCUT2D eigenvalue weighted by atomic mass is 9.94. The molecule has 2 saturated heterocycles. The van der Waals surface area contributed by atoms with E-state index >= 15 is 0 Å². The molecule has 7 nitrogen and oxygen atoms in total. The fraction of sp³-hybridized carbons (Fsp3) is 0.412. The summed E-state index contributed by atoms with van der Waals surface area (Å²) in [6.45, 7) is 7.42. The maximum absolute atomic E-state index is 12.5. The highest BCUT2D eigenvalue weighted by Crippen LogP contribution is 2.52. The molecule has 0 radical (unpaired) electrons. The molecular formula is C17H21N3O4S. The fourth-order valence-corrected chi connectivity index (χ4v) is 5.03. The maximum atomic E-state index is 12.5. The van der Waals surface area contributed by atoms with Crippen molar-refractivity contribution in [3.8, 4) is 5.75 Å². The summed E-state index contributed by atoms with van der Waals surface area (Å²) in [4.78, 5) is 26.4. The summed E-state index contributed by atoms with van der Waals surface area (Å²) in [6, 6.07) is 3.93. The van der Waals surface area contributed by atoms with Crippen LogP contribution in [-0.2, 0) is 9.59 Å². The summed E-state index contributed by atoms with van der Waals surface area (Å²) < 4.78 is -0.398. The minimum absolute atomic E-state index is 0.0566. The molecule has 2 aliphatic heterocycles. The van der Waals surface area contributed by atoms with Crippen molar-refractivity contribution in [3.63, 3.8) is 0 Å². The van der Waals surface area contributed by atoms with E-state index in [1.165, 1.54) is 23.9 Å². The number of aliphatic hydroxyl groups is 1. The topological polar surface area (TPSA) is 116 Å². The van der Waals surface area contributed by atoms with Gasteiger partial charge < -0.3 is 26.2 Å². The lowest BCUT2D eigenvalue weighted by Gasteiger charge is -2.44. The van der Waals surface area contributed by atoms with E-state index < -0.39 is 28.8 Å². The molecule has 134 valence electrons. The Hall–Kier alpha value is -2.19. The molecule has 8 heteroatoms. The number of nitrogens with two attached hydrogens (primary N) is 1. The van der Waals surface area contributed by atoms with Gasteiger partial charge in [0.1, 0.15) is 35.0 Å². The maximum Gasteiger partial charge on any atom is 0.249 e. The summed E-state index contributed by atoms with van der Waals surface area (Å²) in [5, 5.41) is 21.6. The van der Waals surface area contributed by atoms with Crippen molar-refractivity contribution < 1.29 is 19.8 Å². The van der Waals surface area contributed by atoms with Gasteiger partial charge in [0, 0.05) is 4.75 Å². The van der Waals surface area contributed by atoms with Crippen molar-refractivity contribution in [2.24, 2.45) is 5.73 Å². The van der Waals surface area contributed by atoms with Crippen molar-refractivity contribution in [2.45, 2.75) is 42.1 Å². The molecule has 0 bridgehead atoms. The number of β-lactam (4-membered cyclic amide) rings is 1. The third kappa shape index (κ3) is 2.85. The summed E-state index contributed by atoms with van der Waals surface area (Å²) in [5.74, 6) is -0.692. The number of phenolic OH excluding ortho intramolecular Hbond substituents is 1. The van der Waals surface area contributed by atoms with Gasteiger partial charge in [0.05, 0.1) is 0 Å². The number of nitrogens with zero attached hydrogens (tertiary/aromatic N) is 1. The molecular weight excluding hydrogens is 342 g/mol. The molecule has 1 aromatic rings. The summed E-state index contributed by atoms with van der Waals surface area (Å²) in [7, 11) is 0. The van der Waals surface area contributed by atoms with Gasteiger partial charge in [-0.15, -0.1) is 11.8 Å². The first-order valence-corrected chi connectivity index (χ1v) is 8.74. The number of carbonyl (C=O) groups is 2. The van der Waals surface area contributed by atoms with Gasteiger partial charge in [-0.25, -0.2) is 0 Å². The van der Waals surface area contributed by atoms with E-state index in [4.69, 9.17) is 5.73 Å². The SMILES string of the molecule is C=C(O)C1N2C(=O)C(NC(=O)C(N)c3ccc(O)cc3)C2SC1(C)C. The van der Waals surface area contributed by atoms with Gasteiger partial charge in [-0.05, 0) is 31.5 Å². The number of benzene rings is 1. The highest BCUT2D eigenvalue weighted by atomic mass is 32.2. The zero-order chi connectivity index (χ0) is 18.5. The van der Waals surface area contributed by atoms with Crippen molar-refractivity contribution in [1.29, 1.82) is 0 Å². The number of nitrogens with one attached hydrogen (secondary N) is 1. The van der Waals surface area contributed by atoms with Crippen LogP contribution < -0.4 is 11.1 Å². The van der Waals surface area contributed by atoms with Crippen molar-refractivity contribution in [3.05, 3.63) is 42.2 Å². The largest absolute Gasteiger partial charge is 0.511 e. The van der Waals surface area contributed by atoms with Gasteiger partial charge in [0.2, 0.25) is 11.8 Å². The molecule has 1 aromatic carbocycles. The molecule has 4 atom stereocenters. The number of aliphatic hydroxyl groups excluding tert-OH is 1. The van der Waals surface area contributed by atoms with Crippen LogP contribution in [0.4, 0.5) is 0 Å². The number of phenols is 1. The summed E-state index contributed by atoms with van der Waals surface area (Å²) in [5.41, 5.74) is 6.49. The van der Waals surface area contributed by atoms with Crippen LogP contribution in [-0.4, -0.2) is 49.1 Å². The van der Waals surface area contributed by atoms with Gasteiger partial charge in [-0.3, -0.25) is 9.59 Å². The van der Waals surface area contributed by atoms with Gasteiger partial charge >= 0.3 is 0 Å². The van der Waals surface area contributed by atoms with E-state index in [9.17, 15) is 19.8 Å². The Morgan fingerprint density at radius 1 is 1.40 bits per heavy atom. The van der Waals surface area contributed by atoms with Crippen molar-refractivity contribution in [1.82, 2.24) is 10.2 Å². The normalized spacial score (nSPS) is 28.0. The van der Waals surface area contributed by atoms with E-state index in [0.29, 0.717) is 5.56 Å². The number of aromatic hydroxyl groups is 1. The molecule has 0 saturated carbocycles. The first-order chi connectivity index (χ1) is 11.6. The second-order valence-electron chi connectivity index (χ2n) is 6.81. The lowest BCUT2D eigenvalue weighted by Crippen LogP contribution is -2.70. The Bertz CT molecular complexity index is 734. The highest BCUT2D eigenvalue weighted by molar-refractivity contribution is 8.01. The molecule has 0 spiro atoms. The standard InChI is InChI=1S/C17H21N3O4S/c1-8(21)13-17(2,3)25-16-12(15(24)20(13)16)19-14(23)11(18)9-4-6-10(22)7-5-9/h4-7,11-13,16,21-22H,1,18H2,2-3H3,(H,19,23). The van der Waals surface area contributed by atoms with Crippen LogP contribution in [0.2, 0.25) is 0 Å². The van der Waals surface area contributed by atoms with Gasteiger partial charge in [-0.2, -0.15) is 0 Å². The number of hydrogen-bond donors (Lipinski definition) is 4. The minimum atomic E-state index is -0.939. The number of carbonyl (C=O) groups excluding carboxylic acids is 2. The molecule has 2 heterocycles. The van der Waals surface area contributed by atoms with Crippen LogP contribution in [0, 0.1) is 0 Å². The monoisotopic (exact) mass is 363 g/mol. The first kappa shape index (κ1) is 17.6. The molecule has 25 heavy (non-hydrogen) atoms. The molecule has 0 aliphatic carbocycles. The first-order valence-electron chi connectivity index (χ1n) is 7.86. The Morgan fingerprint density at radius 3 is 2.56 bits per heavy atom. The number of rotatable bonds is 4. The van der Waals surface area contributed by atoms with E-state index in [1.54, 1.807) is 17.0 Å². The lowest BCUT2D eigenvalue weighted by molar-refractivity contribution is -0.151. The predicted molar refractivity (Wildman–Crippen MR) is 94.8 cm³/mol. The van der Waals surface area contributed by atoms with Gasteiger partial charge in [-0.1, -0.05) is 18.7 Å². The molecule has 5 N–H and O–H groups in total. The van der Waals surface area contributed by atoms with Crippen LogP contribution in [0.25, 0.3) is 0 Å². The Kier molecular flexibility index (Phi) is 4.20. The summed E-state index contributed by atoms with van der Waals surface area (Å²) >= 11 is 1.51. The van der Waals surface area contributed by atoms with E-state index in [2.05, 4.69) is 11.9 Å². The van der Waals surface area contributed by atoms with Crippen molar-refractivity contribution >= 4 is 23.6 Å². The quantitative estimate of drug-likeness (QED) is 0.469. The van der Waals surface area contributed by atoms with E-state index in [1.807, 2.05) is 13.8 Å². The molecule has 2 aliphatic rings. The van der Waals surface area contributed by atoms with Gasteiger partial charge in [0.25, 0.3) is 0 Å². The van der Waals surface area contributed by atoms with Gasteiger partial charge in [0.15, 0.2) is 0 Å². The third-order valence-corrected chi connectivity index (χ3v) is 6.16. The fourth-order valence-electron chi connectivity index (χ4n) is 3.37. The molecule has 0 aromatic heterocycles. The molecule has 4 unspecified atom stereocenters. The van der Waals surface area contributed by atoms with Crippen LogP contribution in [0.15, 0.2) is 36.6 Å². The number of thioether (sulfide) groups is 1. The second kappa shape index (κ2) is 5.96. The van der Waals surface area contributed by atoms with Crippen molar-refractivity contribution in [2.75, 3.05) is 0 Å². The molecule has 3 rings (SSSR count). The number of hydrogen-bond acceptors (Lipinski definition) is 6. The van der Waals surface area contributed by atoms with Crippen LogP contribution in [0.3, 0.4) is 0 Å². The average Bonchev–Trinajstić information content (AvgIpc) is 2.80. The average molecular weight is 363 g/mol. The Balaban J connectivity index is 1.70. The summed E-state index contributed by atoms with van der Waals surface area (Å²) in [6.07, 6.45) is 0.